The van der Waals surface area contributed by atoms with E-state index in [0.717, 1.165) is 0 Å². The molecular weight excluding hydrogens is 200 g/mol. The molecule has 1 N–H and O–H groups in total. The third-order valence-electron chi connectivity index (χ3n) is 2.01. The molecule has 78 valence electrons. The van der Waals surface area contributed by atoms with Gasteiger partial charge in [0.05, 0.1) is 4.90 Å². The van der Waals surface area contributed by atoms with Crippen LogP contribution in [0.25, 0.3) is 0 Å². The van der Waals surface area contributed by atoms with Crippen molar-refractivity contribution in [1.29, 1.82) is 0 Å². The summed E-state index contributed by atoms with van der Waals surface area (Å²) >= 11 is 0. The number of aromatic hydroxyl groups is 1. The standard InChI is InChI=1S/C10H14O3S/c1-7(2)9-6-8(11)4-5-10(9)14(3,12)13/h4-7,11H,1-3H3. The fourth-order valence-corrected chi connectivity index (χ4v) is 2.36. The van der Waals surface area contributed by atoms with Crippen molar-refractivity contribution in [2.75, 3.05) is 6.26 Å². The smallest absolute Gasteiger partial charge is 0.175 e. The molecule has 0 radical (unpaired) electrons. The van der Waals surface area contributed by atoms with Crippen molar-refractivity contribution in [1.82, 2.24) is 0 Å². The molecule has 4 heteroatoms. The zero-order chi connectivity index (χ0) is 10.9. The van der Waals surface area contributed by atoms with Gasteiger partial charge in [-0.25, -0.2) is 8.42 Å². The van der Waals surface area contributed by atoms with Crippen molar-refractivity contribution in [2.45, 2.75) is 24.7 Å². The summed E-state index contributed by atoms with van der Waals surface area (Å²) in [5, 5.41) is 9.26. The average molecular weight is 214 g/mol. The minimum Gasteiger partial charge on any atom is -0.508 e. The molecule has 1 aromatic carbocycles. The zero-order valence-corrected chi connectivity index (χ0v) is 9.30. The Balaban J connectivity index is 3.45. The van der Waals surface area contributed by atoms with E-state index in [-0.39, 0.29) is 11.7 Å². The number of hydrogen-bond donors (Lipinski definition) is 1. The Kier molecular flexibility index (Phi) is 2.85. The van der Waals surface area contributed by atoms with Gasteiger partial charge in [-0.1, -0.05) is 13.8 Å². The summed E-state index contributed by atoms with van der Waals surface area (Å²) in [5.74, 6) is 0.174. The normalized spacial score (nSPS) is 12.0. The van der Waals surface area contributed by atoms with Crippen molar-refractivity contribution in [3.05, 3.63) is 23.8 Å². The lowest BCUT2D eigenvalue weighted by Gasteiger charge is -2.11. The van der Waals surface area contributed by atoms with Crippen molar-refractivity contribution in [2.24, 2.45) is 0 Å². The van der Waals surface area contributed by atoms with Crippen LogP contribution >= 0.6 is 0 Å². The first kappa shape index (κ1) is 11.0. The fraction of sp³-hybridized carbons (Fsp3) is 0.400. The van der Waals surface area contributed by atoms with Crippen LogP contribution in [0.15, 0.2) is 23.1 Å². The van der Waals surface area contributed by atoms with E-state index < -0.39 is 9.84 Å². The van der Waals surface area contributed by atoms with Gasteiger partial charge < -0.3 is 5.11 Å². The number of phenolic OH excluding ortho intramolecular Hbond substituents is 1. The van der Waals surface area contributed by atoms with Gasteiger partial charge in [0.15, 0.2) is 9.84 Å². The first-order valence-electron chi connectivity index (χ1n) is 4.35. The van der Waals surface area contributed by atoms with Crippen LogP contribution in [0.5, 0.6) is 5.75 Å². The van der Waals surface area contributed by atoms with E-state index in [1.165, 1.54) is 24.5 Å². The molecule has 0 unspecified atom stereocenters. The molecule has 0 aromatic heterocycles. The number of rotatable bonds is 2. The Labute approximate surface area is 84.3 Å². The molecule has 0 aliphatic heterocycles. The van der Waals surface area contributed by atoms with Crippen LogP contribution < -0.4 is 0 Å². The Morgan fingerprint density at radius 3 is 2.29 bits per heavy atom. The van der Waals surface area contributed by atoms with Gasteiger partial charge >= 0.3 is 0 Å². The van der Waals surface area contributed by atoms with E-state index >= 15 is 0 Å². The first-order valence-corrected chi connectivity index (χ1v) is 6.24. The van der Waals surface area contributed by atoms with Crippen molar-refractivity contribution in [3.63, 3.8) is 0 Å². The summed E-state index contributed by atoms with van der Waals surface area (Å²) in [6, 6.07) is 4.34. The highest BCUT2D eigenvalue weighted by Gasteiger charge is 2.15. The molecule has 0 saturated carbocycles. The van der Waals surface area contributed by atoms with Gasteiger partial charge in [-0.05, 0) is 29.7 Å². The predicted octanol–water partition coefficient (Wildman–Crippen LogP) is 1.92. The number of phenols is 1. The number of benzene rings is 1. The summed E-state index contributed by atoms with van der Waals surface area (Å²) in [6.45, 7) is 3.78. The van der Waals surface area contributed by atoms with E-state index in [9.17, 15) is 13.5 Å². The Hall–Kier alpha value is -1.03. The van der Waals surface area contributed by atoms with Crippen LogP contribution in [0.3, 0.4) is 0 Å². The van der Waals surface area contributed by atoms with Crippen LogP contribution in [-0.4, -0.2) is 19.8 Å². The van der Waals surface area contributed by atoms with E-state index in [0.29, 0.717) is 10.5 Å². The second-order valence-corrected chi connectivity index (χ2v) is 5.63. The lowest BCUT2D eigenvalue weighted by atomic mass is 10.0. The maximum absolute atomic E-state index is 11.4. The highest BCUT2D eigenvalue weighted by Crippen LogP contribution is 2.27. The molecular formula is C10H14O3S. The van der Waals surface area contributed by atoms with Gasteiger partial charge in [0, 0.05) is 6.26 Å². The van der Waals surface area contributed by atoms with Gasteiger partial charge in [-0.2, -0.15) is 0 Å². The van der Waals surface area contributed by atoms with Crippen LogP contribution in [0.2, 0.25) is 0 Å². The van der Waals surface area contributed by atoms with Gasteiger partial charge in [-0.15, -0.1) is 0 Å². The summed E-state index contributed by atoms with van der Waals surface area (Å²) in [4.78, 5) is 0.297. The Morgan fingerprint density at radius 2 is 1.86 bits per heavy atom. The van der Waals surface area contributed by atoms with Crippen LogP contribution in [0, 0.1) is 0 Å². The molecule has 0 amide bonds. The van der Waals surface area contributed by atoms with Gasteiger partial charge in [-0.3, -0.25) is 0 Å². The van der Waals surface area contributed by atoms with E-state index in [4.69, 9.17) is 0 Å². The van der Waals surface area contributed by atoms with Gasteiger partial charge in [0.2, 0.25) is 0 Å². The van der Waals surface area contributed by atoms with Gasteiger partial charge in [0.1, 0.15) is 5.75 Å². The highest BCUT2D eigenvalue weighted by molar-refractivity contribution is 7.90. The monoisotopic (exact) mass is 214 g/mol. The zero-order valence-electron chi connectivity index (χ0n) is 8.48. The molecule has 0 heterocycles. The molecule has 1 aromatic rings. The molecule has 3 nitrogen and oxygen atoms in total. The summed E-state index contributed by atoms with van der Waals surface area (Å²) in [7, 11) is -3.21. The minimum absolute atomic E-state index is 0.0758. The SMILES string of the molecule is CC(C)c1cc(O)ccc1S(C)(=O)=O. The molecule has 0 spiro atoms. The third-order valence-corrected chi connectivity index (χ3v) is 3.19. The van der Waals surface area contributed by atoms with Crippen molar-refractivity contribution >= 4 is 9.84 Å². The second-order valence-electron chi connectivity index (χ2n) is 3.65. The predicted molar refractivity (Wildman–Crippen MR) is 55.3 cm³/mol. The average Bonchev–Trinajstić information content (AvgIpc) is 2.01. The molecule has 0 saturated heterocycles. The quantitative estimate of drug-likeness (QED) is 0.818. The van der Waals surface area contributed by atoms with Crippen molar-refractivity contribution in [3.8, 4) is 5.75 Å². The van der Waals surface area contributed by atoms with Crippen molar-refractivity contribution < 1.29 is 13.5 Å². The summed E-state index contributed by atoms with van der Waals surface area (Å²) < 4.78 is 22.8. The van der Waals surface area contributed by atoms with E-state index in [1.807, 2.05) is 13.8 Å². The lowest BCUT2D eigenvalue weighted by molar-refractivity contribution is 0.473. The maximum atomic E-state index is 11.4. The maximum Gasteiger partial charge on any atom is 0.175 e. The van der Waals surface area contributed by atoms with Crippen LogP contribution in [-0.2, 0) is 9.84 Å². The van der Waals surface area contributed by atoms with Crippen LogP contribution in [0.1, 0.15) is 25.3 Å². The molecule has 0 aliphatic rings. The Bertz CT molecular complexity index is 433. The Morgan fingerprint density at radius 1 is 1.29 bits per heavy atom. The molecule has 0 atom stereocenters. The number of sulfone groups is 1. The summed E-state index contributed by atoms with van der Waals surface area (Å²) in [6.07, 6.45) is 1.17. The van der Waals surface area contributed by atoms with Crippen LogP contribution in [0.4, 0.5) is 0 Å². The topological polar surface area (TPSA) is 54.4 Å². The second kappa shape index (κ2) is 3.61. The molecule has 14 heavy (non-hydrogen) atoms. The number of hydrogen-bond acceptors (Lipinski definition) is 3. The third kappa shape index (κ3) is 2.26. The molecule has 0 fully saturated rings. The molecule has 0 bridgehead atoms. The fourth-order valence-electron chi connectivity index (χ4n) is 1.32. The first-order chi connectivity index (χ1) is 6.32. The largest absolute Gasteiger partial charge is 0.508 e. The van der Waals surface area contributed by atoms with E-state index in [1.54, 1.807) is 0 Å². The molecule has 1 rings (SSSR count). The summed E-state index contributed by atoms with van der Waals surface area (Å²) in [5.41, 5.74) is 0.660. The molecule has 0 aliphatic carbocycles. The highest BCUT2D eigenvalue weighted by atomic mass is 32.2. The van der Waals surface area contributed by atoms with E-state index in [2.05, 4.69) is 0 Å². The van der Waals surface area contributed by atoms with Gasteiger partial charge in [0.25, 0.3) is 0 Å². The lowest BCUT2D eigenvalue weighted by Crippen LogP contribution is -2.03. The minimum atomic E-state index is -3.21.